The maximum absolute atomic E-state index is 12.0. The molecule has 0 spiro atoms. The zero-order valence-electron chi connectivity index (χ0n) is 14.3. The Morgan fingerprint density at radius 2 is 2.04 bits per heavy atom. The van der Waals surface area contributed by atoms with Gasteiger partial charge in [-0.15, -0.1) is 0 Å². The minimum Gasteiger partial charge on any atom is -0.506 e. The second kappa shape index (κ2) is 8.52. The van der Waals surface area contributed by atoms with Crippen molar-refractivity contribution < 1.29 is 24.3 Å². The van der Waals surface area contributed by atoms with Gasteiger partial charge in [0, 0.05) is 18.2 Å². The molecule has 8 nitrogen and oxygen atoms in total. The van der Waals surface area contributed by atoms with Crippen molar-refractivity contribution in [2.75, 3.05) is 19.0 Å². The highest BCUT2D eigenvalue weighted by atomic mass is 16.6. The van der Waals surface area contributed by atoms with E-state index in [1.54, 1.807) is 24.3 Å². The molecule has 2 N–H and O–H groups in total. The number of nitrogens with one attached hydrogen (secondary N) is 1. The van der Waals surface area contributed by atoms with Crippen molar-refractivity contribution in [3.05, 3.63) is 58.2 Å². The molecule has 2 aromatic rings. The van der Waals surface area contributed by atoms with Crippen LogP contribution in [0, 0.1) is 10.1 Å². The average Bonchev–Trinajstić information content (AvgIpc) is 2.62. The molecular formula is C18H18N2O6. The summed E-state index contributed by atoms with van der Waals surface area (Å²) >= 11 is 0. The molecule has 0 saturated heterocycles. The lowest BCUT2D eigenvalue weighted by atomic mass is 10.2. The number of benzene rings is 2. The predicted molar refractivity (Wildman–Crippen MR) is 96.6 cm³/mol. The zero-order valence-corrected chi connectivity index (χ0v) is 14.3. The van der Waals surface area contributed by atoms with Crippen LogP contribution in [0.4, 0.5) is 11.4 Å². The van der Waals surface area contributed by atoms with Crippen LogP contribution in [0.15, 0.2) is 42.5 Å². The van der Waals surface area contributed by atoms with Gasteiger partial charge in [0.1, 0.15) is 5.75 Å². The first kappa shape index (κ1) is 18.8. The number of carbonyl (C=O) groups is 1. The summed E-state index contributed by atoms with van der Waals surface area (Å²) in [6.45, 7) is 2.36. The number of phenolic OH excluding ortho intramolecular Hbond substituents is 1. The smallest absolute Gasteiger partial charge is 0.271 e. The van der Waals surface area contributed by atoms with Crippen LogP contribution < -0.4 is 14.8 Å². The highest BCUT2D eigenvalue weighted by Gasteiger charge is 2.11. The SMILES string of the molecule is CCOc1ccc(/C=C/C(=O)Nc2cc([N+](=O)[O-])ccc2O)cc1OC. The number of amides is 1. The summed E-state index contributed by atoms with van der Waals surface area (Å²) in [5.74, 6) is 0.317. The molecule has 26 heavy (non-hydrogen) atoms. The lowest BCUT2D eigenvalue weighted by molar-refractivity contribution is -0.384. The number of hydrogen-bond acceptors (Lipinski definition) is 6. The second-order valence-electron chi connectivity index (χ2n) is 5.12. The maximum Gasteiger partial charge on any atom is 0.271 e. The normalized spacial score (nSPS) is 10.5. The van der Waals surface area contributed by atoms with E-state index in [4.69, 9.17) is 9.47 Å². The summed E-state index contributed by atoms with van der Waals surface area (Å²) < 4.78 is 10.7. The molecule has 2 aromatic carbocycles. The summed E-state index contributed by atoms with van der Waals surface area (Å²) in [5, 5.41) is 22.9. The van der Waals surface area contributed by atoms with Crippen LogP contribution in [0.3, 0.4) is 0 Å². The minimum absolute atomic E-state index is 0.0434. The molecule has 0 fully saturated rings. The molecule has 0 aliphatic carbocycles. The van der Waals surface area contributed by atoms with Gasteiger partial charge in [-0.05, 0) is 36.8 Å². The number of rotatable bonds is 7. The summed E-state index contributed by atoms with van der Waals surface area (Å²) in [4.78, 5) is 22.2. The van der Waals surface area contributed by atoms with Gasteiger partial charge in [-0.1, -0.05) is 6.07 Å². The van der Waals surface area contributed by atoms with Crippen LogP contribution in [0.1, 0.15) is 12.5 Å². The number of anilines is 1. The summed E-state index contributed by atoms with van der Waals surface area (Å²) in [7, 11) is 1.52. The van der Waals surface area contributed by atoms with Crippen LogP contribution in [0.25, 0.3) is 6.08 Å². The molecule has 2 rings (SSSR count). The first-order valence-electron chi connectivity index (χ1n) is 7.72. The molecule has 0 aliphatic rings. The number of aromatic hydroxyl groups is 1. The molecule has 0 bridgehead atoms. The Morgan fingerprint density at radius 3 is 2.69 bits per heavy atom. The van der Waals surface area contributed by atoms with Gasteiger partial charge in [0.25, 0.3) is 5.69 Å². The van der Waals surface area contributed by atoms with E-state index in [2.05, 4.69) is 5.32 Å². The van der Waals surface area contributed by atoms with Crippen molar-refractivity contribution in [3.63, 3.8) is 0 Å². The van der Waals surface area contributed by atoms with E-state index in [0.717, 1.165) is 18.2 Å². The van der Waals surface area contributed by atoms with E-state index in [1.165, 1.54) is 13.2 Å². The number of hydrogen-bond donors (Lipinski definition) is 2. The third-order valence-electron chi connectivity index (χ3n) is 3.36. The lowest BCUT2D eigenvalue weighted by Gasteiger charge is -2.09. The van der Waals surface area contributed by atoms with Gasteiger partial charge in [0.15, 0.2) is 11.5 Å². The summed E-state index contributed by atoms with van der Waals surface area (Å²) in [6.07, 6.45) is 2.79. The van der Waals surface area contributed by atoms with E-state index in [0.29, 0.717) is 23.7 Å². The predicted octanol–water partition coefficient (Wildman–Crippen LogP) is 3.36. The molecule has 0 aliphatic heterocycles. The van der Waals surface area contributed by atoms with Crippen molar-refractivity contribution in [1.29, 1.82) is 0 Å². The number of phenols is 1. The molecular weight excluding hydrogens is 340 g/mol. The number of ether oxygens (including phenoxy) is 2. The number of methoxy groups -OCH3 is 1. The number of nitro groups is 1. The van der Waals surface area contributed by atoms with Crippen molar-refractivity contribution in [2.45, 2.75) is 6.92 Å². The third-order valence-corrected chi connectivity index (χ3v) is 3.36. The number of nitrogens with zero attached hydrogens (tertiary/aromatic N) is 1. The van der Waals surface area contributed by atoms with E-state index < -0.39 is 10.8 Å². The average molecular weight is 358 g/mol. The molecule has 0 unspecified atom stereocenters. The molecule has 136 valence electrons. The highest BCUT2D eigenvalue weighted by Crippen LogP contribution is 2.29. The Bertz CT molecular complexity index is 848. The highest BCUT2D eigenvalue weighted by molar-refractivity contribution is 6.03. The van der Waals surface area contributed by atoms with Crippen LogP contribution >= 0.6 is 0 Å². The van der Waals surface area contributed by atoms with Crippen molar-refractivity contribution in [3.8, 4) is 17.2 Å². The Hall–Kier alpha value is -3.55. The van der Waals surface area contributed by atoms with E-state index in [1.807, 2.05) is 6.92 Å². The van der Waals surface area contributed by atoms with Gasteiger partial charge >= 0.3 is 0 Å². The van der Waals surface area contributed by atoms with Crippen LogP contribution in [-0.4, -0.2) is 29.7 Å². The molecule has 0 radical (unpaired) electrons. The fourth-order valence-electron chi connectivity index (χ4n) is 2.15. The van der Waals surface area contributed by atoms with Crippen LogP contribution in [0.2, 0.25) is 0 Å². The molecule has 0 aromatic heterocycles. The van der Waals surface area contributed by atoms with Crippen LogP contribution in [-0.2, 0) is 4.79 Å². The first-order chi connectivity index (χ1) is 12.4. The molecule has 0 saturated carbocycles. The molecule has 0 atom stereocenters. The van der Waals surface area contributed by atoms with Crippen LogP contribution in [0.5, 0.6) is 17.2 Å². The Labute approximate surface area is 149 Å². The minimum atomic E-state index is -0.614. The van der Waals surface area contributed by atoms with E-state index in [-0.39, 0.29) is 17.1 Å². The topological polar surface area (TPSA) is 111 Å². The van der Waals surface area contributed by atoms with Crippen molar-refractivity contribution in [2.24, 2.45) is 0 Å². The Morgan fingerprint density at radius 1 is 1.27 bits per heavy atom. The largest absolute Gasteiger partial charge is 0.506 e. The zero-order chi connectivity index (χ0) is 19.1. The van der Waals surface area contributed by atoms with Gasteiger partial charge in [-0.2, -0.15) is 0 Å². The molecule has 1 amide bonds. The first-order valence-corrected chi connectivity index (χ1v) is 7.72. The van der Waals surface area contributed by atoms with E-state index >= 15 is 0 Å². The molecule has 8 heteroatoms. The number of carbonyl (C=O) groups excluding carboxylic acids is 1. The monoisotopic (exact) mass is 358 g/mol. The summed E-state index contributed by atoms with van der Waals surface area (Å²) in [6, 6.07) is 8.57. The van der Waals surface area contributed by atoms with Gasteiger partial charge < -0.3 is 19.9 Å². The van der Waals surface area contributed by atoms with Gasteiger partial charge in [-0.25, -0.2) is 0 Å². The van der Waals surface area contributed by atoms with E-state index in [9.17, 15) is 20.0 Å². The van der Waals surface area contributed by atoms with Gasteiger partial charge in [0.05, 0.1) is 24.3 Å². The van der Waals surface area contributed by atoms with Crippen molar-refractivity contribution in [1.82, 2.24) is 0 Å². The van der Waals surface area contributed by atoms with Crippen molar-refractivity contribution >= 4 is 23.4 Å². The lowest BCUT2D eigenvalue weighted by Crippen LogP contribution is -2.08. The van der Waals surface area contributed by atoms with Gasteiger partial charge in [0.2, 0.25) is 5.91 Å². The Kier molecular flexibility index (Phi) is 6.15. The number of nitro benzene ring substituents is 1. The molecule has 0 heterocycles. The fourth-order valence-corrected chi connectivity index (χ4v) is 2.15. The second-order valence-corrected chi connectivity index (χ2v) is 5.12. The van der Waals surface area contributed by atoms with Gasteiger partial charge in [-0.3, -0.25) is 14.9 Å². The summed E-state index contributed by atoms with van der Waals surface area (Å²) in [5.41, 5.74) is 0.417. The quantitative estimate of drug-likeness (QED) is 0.340. The fraction of sp³-hybridized carbons (Fsp3) is 0.167. The third kappa shape index (κ3) is 4.73. The Balaban J connectivity index is 2.12. The maximum atomic E-state index is 12.0. The standard InChI is InChI=1S/C18H18N2O6/c1-3-26-16-8-4-12(10-17(16)25-2)5-9-18(22)19-14-11-13(20(23)24)6-7-15(14)21/h4-11,21H,3H2,1-2H3,(H,19,22)/b9-5+. The number of non-ortho nitro benzene ring substituents is 1.